The number of hydrogen-bond acceptors (Lipinski definition) is 7. The molecule has 0 saturated carbocycles. The Morgan fingerprint density at radius 1 is 0.816 bits per heavy atom. The van der Waals surface area contributed by atoms with Gasteiger partial charge in [0.1, 0.15) is 12.6 Å². The highest BCUT2D eigenvalue weighted by molar-refractivity contribution is 7.89. The Morgan fingerprint density at radius 3 is 2.22 bits per heavy atom. The zero-order valence-corrected chi connectivity index (χ0v) is 28.1. The third-order valence-electron chi connectivity index (χ3n) is 8.28. The molecule has 1 fully saturated rings. The molecule has 12 heteroatoms. The van der Waals surface area contributed by atoms with Crippen LogP contribution in [0, 0.1) is 0 Å². The number of nitrogens with one attached hydrogen (secondary N) is 3. The first-order valence-corrected chi connectivity index (χ1v) is 17.9. The van der Waals surface area contributed by atoms with Gasteiger partial charge in [-0.3, -0.25) is 9.59 Å². The number of likely N-dealkylation sites (tertiary alicyclic amines) is 1. The summed E-state index contributed by atoms with van der Waals surface area (Å²) in [5.74, 6) is -0.620. The maximum atomic E-state index is 13.9. The molecule has 0 aliphatic carbocycles. The van der Waals surface area contributed by atoms with Crippen molar-refractivity contribution in [2.24, 2.45) is 0 Å². The van der Waals surface area contributed by atoms with Gasteiger partial charge in [-0.1, -0.05) is 91.0 Å². The Morgan fingerprint density at radius 2 is 1.49 bits per heavy atom. The summed E-state index contributed by atoms with van der Waals surface area (Å²) in [5.41, 5.74) is 1.77. The normalized spacial score (nSPS) is 15.1. The third kappa shape index (κ3) is 10.6. The highest BCUT2D eigenvalue weighted by atomic mass is 32.2. The minimum atomic E-state index is -4.09. The van der Waals surface area contributed by atoms with Crippen LogP contribution < -0.4 is 15.4 Å². The van der Waals surface area contributed by atoms with E-state index in [-0.39, 0.29) is 56.2 Å². The van der Waals surface area contributed by atoms with Gasteiger partial charge in [-0.15, -0.1) is 0 Å². The van der Waals surface area contributed by atoms with Crippen molar-refractivity contribution in [3.63, 3.8) is 0 Å². The minimum absolute atomic E-state index is 0.0521. The molecule has 0 spiro atoms. The van der Waals surface area contributed by atoms with Gasteiger partial charge in [0, 0.05) is 32.1 Å². The van der Waals surface area contributed by atoms with Crippen LogP contribution in [0.3, 0.4) is 0 Å². The predicted octanol–water partition coefficient (Wildman–Crippen LogP) is 4.52. The van der Waals surface area contributed by atoms with Crippen molar-refractivity contribution in [2.45, 2.75) is 55.9 Å². The summed E-state index contributed by atoms with van der Waals surface area (Å²) in [6.07, 6.45) is 1.42. The first kappa shape index (κ1) is 35.5. The Kier molecular flexibility index (Phi) is 12.7. The van der Waals surface area contributed by atoms with Gasteiger partial charge in [0.2, 0.25) is 21.8 Å². The number of nitrogens with zero attached hydrogens (tertiary/aromatic N) is 1. The first-order valence-electron chi connectivity index (χ1n) is 16.4. The average molecular weight is 687 g/mol. The molecule has 4 aromatic rings. The van der Waals surface area contributed by atoms with Gasteiger partial charge >= 0.3 is 6.09 Å². The maximum Gasteiger partial charge on any atom is 0.407 e. The second-order valence-electron chi connectivity index (χ2n) is 11.9. The summed E-state index contributed by atoms with van der Waals surface area (Å²) in [6.45, 7) is 1.14. The van der Waals surface area contributed by atoms with Crippen LogP contribution in [0.5, 0.6) is 0 Å². The molecule has 2 unspecified atom stereocenters. The molecular formula is C37H42N4O7S. The smallest absolute Gasteiger partial charge is 0.407 e. The lowest BCUT2D eigenvalue weighted by Crippen LogP contribution is -2.53. The van der Waals surface area contributed by atoms with E-state index in [1.807, 2.05) is 84.9 Å². The minimum Gasteiger partial charge on any atom is -0.445 e. The highest BCUT2D eigenvalue weighted by Crippen LogP contribution is 2.22. The zero-order chi connectivity index (χ0) is 34.5. The molecule has 258 valence electrons. The number of benzene rings is 4. The van der Waals surface area contributed by atoms with E-state index in [1.54, 1.807) is 17.0 Å². The van der Waals surface area contributed by atoms with Crippen LogP contribution in [0.4, 0.5) is 4.79 Å². The Hall–Kier alpha value is -4.78. The third-order valence-corrected chi connectivity index (χ3v) is 9.75. The number of sulfonamides is 1. The SMILES string of the molecule is O=C(CCCNC(=O)OCc1ccccc1)NCC1CCCN1C(=O)C(COCc1ccccc1)NS(=O)(=O)c1ccc2ccccc2c1. The number of rotatable bonds is 16. The number of carbonyl (C=O) groups is 3. The highest BCUT2D eigenvalue weighted by Gasteiger charge is 2.35. The predicted molar refractivity (Wildman–Crippen MR) is 186 cm³/mol. The van der Waals surface area contributed by atoms with Gasteiger partial charge in [-0.25, -0.2) is 13.2 Å². The van der Waals surface area contributed by atoms with Gasteiger partial charge in [-0.2, -0.15) is 4.72 Å². The van der Waals surface area contributed by atoms with Gasteiger partial charge < -0.3 is 25.0 Å². The average Bonchev–Trinajstić information content (AvgIpc) is 3.60. The van der Waals surface area contributed by atoms with E-state index in [2.05, 4.69) is 15.4 Å². The molecule has 2 atom stereocenters. The number of ether oxygens (including phenoxy) is 2. The topological polar surface area (TPSA) is 143 Å². The summed E-state index contributed by atoms with van der Waals surface area (Å²) in [5, 5.41) is 7.21. The fourth-order valence-electron chi connectivity index (χ4n) is 5.69. The summed E-state index contributed by atoms with van der Waals surface area (Å²) >= 11 is 0. The van der Waals surface area contributed by atoms with E-state index in [9.17, 15) is 22.8 Å². The Labute approximate surface area is 287 Å². The lowest BCUT2D eigenvalue weighted by Gasteiger charge is -2.29. The molecule has 0 aromatic heterocycles. The van der Waals surface area contributed by atoms with E-state index >= 15 is 0 Å². The summed E-state index contributed by atoms with van der Waals surface area (Å²) in [6, 6.07) is 29.6. The molecule has 3 amide bonds. The number of carbonyl (C=O) groups excluding carboxylic acids is 3. The van der Waals surface area contributed by atoms with Crippen LogP contribution >= 0.6 is 0 Å². The molecular weight excluding hydrogens is 644 g/mol. The lowest BCUT2D eigenvalue weighted by atomic mass is 10.1. The zero-order valence-electron chi connectivity index (χ0n) is 27.3. The molecule has 4 aromatic carbocycles. The summed E-state index contributed by atoms with van der Waals surface area (Å²) in [4.78, 5) is 40.2. The fraction of sp³-hybridized carbons (Fsp3) is 0.324. The van der Waals surface area contributed by atoms with Gasteiger partial charge in [0.15, 0.2) is 0 Å². The van der Waals surface area contributed by atoms with Crippen LogP contribution in [-0.4, -0.2) is 69.6 Å². The molecule has 5 rings (SSSR count). The van der Waals surface area contributed by atoms with Crippen molar-refractivity contribution in [3.8, 4) is 0 Å². The molecule has 0 bridgehead atoms. The van der Waals surface area contributed by atoms with Crippen molar-refractivity contribution in [2.75, 3.05) is 26.2 Å². The van der Waals surface area contributed by atoms with E-state index in [1.165, 1.54) is 6.07 Å². The van der Waals surface area contributed by atoms with E-state index < -0.39 is 28.1 Å². The van der Waals surface area contributed by atoms with Crippen LogP contribution in [0.1, 0.15) is 36.8 Å². The number of hydrogen-bond donors (Lipinski definition) is 3. The lowest BCUT2D eigenvalue weighted by molar-refractivity contribution is -0.136. The van der Waals surface area contributed by atoms with Crippen LogP contribution in [0.15, 0.2) is 108 Å². The Bertz CT molecular complexity index is 1810. The molecule has 3 N–H and O–H groups in total. The van der Waals surface area contributed by atoms with Crippen molar-refractivity contribution in [3.05, 3.63) is 114 Å². The van der Waals surface area contributed by atoms with Crippen LogP contribution in [0.2, 0.25) is 0 Å². The van der Waals surface area contributed by atoms with Crippen molar-refractivity contribution in [1.82, 2.24) is 20.3 Å². The molecule has 1 aliphatic rings. The van der Waals surface area contributed by atoms with Gasteiger partial charge in [0.05, 0.1) is 18.1 Å². The number of fused-ring (bicyclic) bond motifs is 1. The van der Waals surface area contributed by atoms with Crippen molar-refractivity contribution < 1.29 is 32.3 Å². The fourth-order valence-corrected chi connectivity index (χ4v) is 6.90. The number of alkyl carbamates (subject to hydrolysis) is 1. The second kappa shape index (κ2) is 17.6. The first-order chi connectivity index (χ1) is 23.8. The van der Waals surface area contributed by atoms with Crippen molar-refractivity contribution >= 4 is 38.7 Å². The Balaban J connectivity index is 1.14. The van der Waals surface area contributed by atoms with Gasteiger partial charge in [-0.05, 0) is 53.3 Å². The maximum absolute atomic E-state index is 13.9. The molecule has 11 nitrogen and oxygen atoms in total. The second-order valence-corrected chi connectivity index (χ2v) is 13.6. The quantitative estimate of drug-likeness (QED) is 0.147. The van der Waals surface area contributed by atoms with E-state index in [0.29, 0.717) is 19.4 Å². The van der Waals surface area contributed by atoms with E-state index in [0.717, 1.165) is 28.3 Å². The molecule has 1 heterocycles. The monoisotopic (exact) mass is 686 g/mol. The molecule has 1 aliphatic heterocycles. The largest absolute Gasteiger partial charge is 0.445 e. The molecule has 49 heavy (non-hydrogen) atoms. The summed E-state index contributed by atoms with van der Waals surface area (Å²) in [7, 11) is -4.09. The summed E-state index contributed by atoms with van der Waals surface area (Å²) < 4.78 is 40.8. The molecule has 1 saturated heterocycles. The van der Waals surface area contributed by atoms with Crippen molar-refractivity contribution in [1.29, 1.82) is 0 Å². The van der Waals surface area contributed by atoms with Crippen LogP contribution in [0.25, 0.3) is 10.8 Å². The van der Waals surface area contributed by atoms with E-state index in [4.69, 9.17) is 9.47 Å². The molecule has 0 radical (unpaired) electrons. The number of amides is 3. The standard InChI is InChI=1S/C37H42N4O7S/c42-35(18-9-21-38-37(44)48-26-29-13-5-2-6-14-29)39-24-32-17-10-22-41(32)36(43)34(27-47-25-28-11-3-1-4-12-28)40-49(45,46)33-20-19-30-15-7-8-16-31(30)23-33/h1-8,11-16,19-20,23,32,34,40H,9-10,17-18,21-22,24-27H2,(H,38,44)(H,39,42). The van der Waals surface area contributed by atoms with Gasteiger partial charge in [0.25, 0.3) is 0 Å². The van der Waals surface area contributed by atoms with Crippen LogP contribution in [-0.2, 0) is 42.3 Å².